The van der Waals surface area contributed by atoms with Crippen molar-refractivity contribution in [2.45, 2.75) is 19.0 Å². The topological polar surface area (TPSA) is 80.6 Å². The lowest BCUT2D eigenvalue weighted by Gasteiger charge is -2.07. The number of halogens is 3. The Labute approximate surface area is 145 Å². The fraction of sp³-hybridized carbons (Fsp3) is 0.176. The molecule has 0 saturated carbocycles. The Morgan fingerprint density at radius 3 is 2.46 bits per heavy atom. The van der Waals surface area contributed by atoms with Crippen LogP contribution in [-0.2, 0) is 23.8 Å². The van der Waals surface area contributed by atoms with Crippen molar-refractivity contribution in [3.63, 3.8) is 0 Å². The second-order valence-electron chi connectivity index (χ2n) is 5.60. The molecule has 0 spiro atoms. The highest BCUT2D eigenvalue weighted by Gasteiger charge is 2.29. The third-order valence-corrected chi connectivity index (χ3v) is 3.65. The fourth-order valence-corrected chi connectivity index (χ4v) is 2.36. The summed E-state index contributed by atoms with van der Waals surface area (Å²) in [6.07, 6.45) is -0.227. The maximum absolute atomic E-state index is 12.5. The van der Waals surface area contributed by atoms with Crippen LogP contribution in [0.15, 0.2) is 53.7 Å². The van der Waals surface area contributed by atoms with Gasteiger partial charge in [-0.05, 0) is 23.8 Å². The van der Waals surface area contributed by atoms with Gasteiger partial charge in [0.15, 0.2) is 0 Å². The van der Waals surface area contributed by atoms with E-state index < -0.39 is 17.3 Å². The number of hydrogen-bond acceptors (Lipinski definition) is 4. The smallest absolute Gasteiger partial charge is 0.299 e. The van der Waals surface area contributed by atoms with Crippen molar-refractivity contribution in [1.29, 1.82) is 0 Å². The van der Waals surface area contributed by atoms with E-state index in [0.717, 1.165) is 12.1 Å². The first-order valence-corrected chi connectivity index (χ1v) is 7.59. The third-order valence-electron chi connectivity index (χ3n) is 3.65. The molecule has 2 heterocycles. The molecule has 2 aromatic heterocycles. The molecule has 3 rings (SSSR count). The number of hydrogen-bond donors (Lipinski definition) is 1. The van der Waals surface area contributed by atoms with E-state index in [9.17, 15) is 22.8 Å². The normalized spacial score (nSPS) is 11.5. The SMILES string of the molecule is O=C(Cc1ccc(C(F)(F)F)cc1)Cc1cnc(-n2cccn2)[nH]c1=O. The van der Waals surface area contributed by atoms with E-state index in [-0.39, 0.29) is 30.1 Å². The predicted molar refractivity (Wildman–Crippen MR) is 85.8 cm³/mol. The average molecular weight is 362 g/mol. The highest BCUT2D eigenvalue weighted by molar-refractivity contribution is 5.82. The Balaban J connectivity index is 1.67. The molecule has 26 heavy (non-hydrogen) atoms. The van der Waals surface area contributed by atoms with Crippen molar-refractivity contribution in [2.24, 2.45) is 0 Å². The Morgan fingerprint density at radius 2 is 1.88 bits per heavy atom. The van der Waals surface area contributed by atoms with Crippen molar-refractivity contribution < 1.29 is 18.0 Å². The van der Waals surface area contributed by atoms with E-state index in [2.05, 4.69) is 15.1 Å². The molecule has 0 aliphatic carbocycles. The number of carbonyl (C=O) groups is 1. The number of Topliss-reactive ketones (excluding diaryl/α,β-unsaturated/α-hetero) is 1. The third kappa shape index (κ3) is 4.05. The van der Waals surface area contributed by atoms with Gasteiger partial charge in [-0.15, -0.1) is 0 Å². The highest BCUT2D eigenvalue weighted by Crippen LogP contribution is 2.29. The van der Waals surface area contributed by atoms with E-state index in [1.807, 2.05) is 0 Å². The molecule has 0 unspecified atom stereocenters. The molecule has 6 nitrogen and oxygen atoms in total. The molecule has 3 aromatic rings. The number of carbonyl (C=O) groups excluding carboxylic acids is 1. The van der Waals surface area contributed by atoms with E-state index in [1.165, 1.54) is 29.2 Å². The summed E-state index contributed by atoms with van der Waals surface area (Å²) in [6.45, 7) is 0. The van der Waals surface area contributed by atoms with Gasteiger partial charge >= 0.3 is 6.18 Å². The van der Waals surface area contributed by atoms with Crippen LogP contribution in [0, 0.1) is 0 Å². The van der Waals surface area contributed by atoms with E-state index >= 15 is 0 Å². The van der Waals surface area contributed by atoms with Crippen molar-refractivity contribution in [3.05, 3.63) is 76.0 Å². The molecule has 0 bridgehead atoms. The number of rotatable bonds is 5. The van der Waals surface area contributed by atoms with Gasteiger partial charge in [0.05, 0.1) is 5.56 Å². The molecule has 0 saturated heterocycles. The number of aromatic amines is 1. The lowest BCUT2D eigenvalue weighted by Crippen LogP contribution is -2.20. The molecular weight excluding hydrogens is 349 g/mol. The van der Waals surface area contributed by atoms with Crippen molar-refractivity contribution in [3.8, 4) is 5.95 Å². The number of aromatic nitrogens is 4. The Hall–Kier alpha value is -3.23. The monoisotopic (exact) mass is 362 g/mol. The second kappa shape index (κ2) is 6.95. The summed E-state index contributed by atoms with van der Waals surface area (Å²) in [6, 6.07) is 6.03. The first kappa shape index (κ1) is 17.6. The van der Waals surface area contributed by atoms with Gasteiger partial charge < -0.3 is 0 Å². The first-order chi connectivity index (χ1) is 12.3. The second-order valence-corrected chi connectivity index (χ2v) is 5.60. The molecule has 9 heteroatoms. The number of nitrogens with one attached hydrogen (secondary N) is 1. The molecule has 1 N–H and O–H groups in total. The number of ketones is 1. The van der Waals surface area contributed by atoms with Gasteiger partial charge in [0, 0.05) is 37.0 Å². The van der Waals surface area contributed by atoms with Crippen LogP contribution in [0.4, 0.5) is 13.2 Å². The largest absolute Gasteiger partial charge is 0.416 e. The Kier molecular flexibility index (Phi) is 4.70. The number of alkyl halides is 3. The Morgan fingerprint density at radius 1 is 1.15 bits per heavy atom. The maximum Gasteiger partial charge on any atom is 0.416 e. The Bertz CT molecular complexity index is 961. The van der Waals surface area contributed by atoms with Crippen molar-refractivity contribution in [1.82, 2.24) is 19.7 Å². The van der Waals surface area contributed by atoms with Gasteiger partial charge in [0.1, 0.15) is 5.78 Å². The molecule has 134 valence electrons. The van der Waals surface area contributed by atoms with E-state index in [4.69, 9.17) is 0 Å². The van der Waals surface area contributed by atoms with Gasteiger partial charge in [-0.3, -0.25) is 14.6 Å². The minimum absolute atomic E-state index is 0.0709. The fourth-order valence-electron chi connectivity index (χ4n) is 2.36. The van der Waals surface area contributed by atoms with Crippen LogP contribution in [0.5, 0.6) is 0 Å². The average Bonchev–Trinajstić information content (AvgIpc) is 3.11. The quantitative estimate of drug-likeness (QED) is 0.755. The highest BCUT2D eigenvalue weighted by atomic mass is 19.4. The number of nitrogens with zero attached hydrogens (tertiary/aromatic N) is 3. The van der Waals surface area contributed by atoms with Gasteiger partial charge in [-0.1, -0.05) is 12.1 Å². The molecule has 0 amide bonds. The lowest BCUT2D eigenvalue weighted by atomic mass is 10.0. The zero-order valence-electron chi connectivity index (χ0n) is 13.3. The molecule has 0 fully saturated rings. The van der Waals surface area contributed by atoms with E-state index in [1.54, 1.807) is 12.3 Å². The molecular formula is C17H13F3N4O2. The van der Waals surface area contributed by atoms with Crippen LogP contribution in [0.1, 0.15) is 16.7 Å². The first-order valence-electron chi connectivity index (χ1n) is 7.59. The summed E-state index contributed by atoms with van der Waals surface area (Å²) < 4.78 is 39.0. The van der Waals surface area contributed by atoms with E-state index in [0.29, 0.717) is 5.56 Å². The zero-order chi connectivity index (χ0) is 18.7. The maximum atomic E-state index is 12.5. The number of H-pyrrole nitrogens is 1. The van der Waals surface area contributed by atoms with Crippen LogP contribution in [0.25, 0.3) is 5.95 Å². The predicted octanol–water partition coefficient (Wildman–Crippen LogP) is 2.33. The van der Waals surface area contributed by atoms with Gasteiger partial charge in [-0.2, -0.15) is 18.3 Å². The van der Waals surface area contributed by atoms with Crippen LogP contribution in [0.3, 0.4) is 0 Å². The van der Waals surface area contributed by atoms with Crippen LogP contribution in [-0.4, -0.2) is 25.5 Å². The number of benzene rings is 1. The summed E-state index contributed by atoms with van der Waals surface area (Å²) in [7, 11) is 0. The zero-order valence-corrected chi connectivity index (χ0v) is 13.3. The van der Waals surface area contributed by atoms with Crippen LogP contribution in [0.2, 0.25) is 0 Å². The molecule has 1 aromatic carbocycles. The molecule has 0 atom stereocenters. The van der Waals surface area contributed by atoms with Crippen LogP contribution >= 0.6 is 0 Å². The van der Waals surface area contributed by atoms with Crippen molar-refractivity contribution in [2.75, 3.05) is 0 Å². The lowest BCUT2D eigenvalue weighted by molar-refractivity contribution is -0.137. The molecule has 0 radical (unpaired) electrons. The van der Waals surface area contributed by atoms with Gasteiger partial charge in [-0.25, -0.2) is 9.67 Å². The summed E-state index contributed by atoms with van der Waals surface area (Å²) in [5, 5.41) is 3.94. The standard InChI is InChI=1S/C17H13F3N4O2/c18-17(19,20)13-4-2-11(3-5-13)8-14(25)9-12-10-21-16(23-15(12)26)24-7-1-6-22-24/h1-7,10H,8-9H2,(H,21,23,26). The minimum atomic E-state index is -4.42. The summed E-state index contributed by atoms with van der Waals surface area (Å²) in [5.41, 5.74) is -0.617. The van der Waals surface area contributed by atoms with Crippen molar-refractivity contribution >= 4 is 5.78 Å². The summed E-state index contributed by atoms with van der Waals surface area (Å²) in [5.74, 6) is -0.0807. The summed E-state index contributed by atoms with van der Waals surface area (Å²) in [4.78, 5) is 30.8. The minimum Gasteiger partial charge on any atom is -0.299 e. The van der Waals surface area contributed by atoms with Gasteiger partial charge in [0.2, 0.25) is 5.95 Å². The van der Waals surface area contributed by atoms with Gasteiger partial charge in [0.25, 0.3) is 5.56 Å². The van der Waals surface area contributed by atoms with Crippen LogP contribution < -0.4 is 5.56 Å². The summed E-state index contributed by atoms with van der Waals surface area (Å²) >= 11 is 0. The molecule has 0 aliphatic heterocycles. The molecule has 0 aliphatic rings.